The van der Waals surface area contributed by atoms with Crippen LogP contribution in [0.1, 0.15) is 5.69 Å². The van der Waals surface area contributed by atoms with Crippen molar-refractivity contribution >= 4 is 21.7 Å². The summed E-state index contributed by atoms with van der Waals surface area (Å²) in [6.07, 6.45) is 0. The average Bonchev–Trinajstić information content (AvgIpc) is 2.30. The molecule has 0 unspecified atom stereocenters. The number of hydrogen-bond donors (Lipinski definition) is 0. The van der Waals surface area contributed by atoms with Crippen LogP contribution in [0.4, 0.5) is 5.82 Å². The Morgan fingerprint density at radius 1 is 1.90 bits per heavy atom. The molecule has 0 N–H and O–H groups in total. The van der Waals surface area contributed by atoms with Gasteiger partial charge in [-0.15, -0.1) is 5.10 Å². The van der Waals surface area contributed by atoms with Crippen molar-refractivity contribution in [1.29, 1.82) is 0 Å². The van der Waals surface area contributed by atoms with Gasteiger partial charge in [0.15, 0.2) is 0 Å². The van der Waals surface area contributed by atoms with Gasteiger partial charge in [0.05, 0.1) is 12.7 Å². The van der Waals surface area contributed by atoms with Crippen molar-refractivity contribution in [3.63, 3.8) is 0 Å². The van der Waals surface area contributed by atoms with Gasteiger partial charge in [-0.1, -0.05) is 22.5 Å². The largest absolute Gasteiger partial charge is 0.362 e. The topological polar surface area (TPSA) is 22.2 Å². The number of hydrogen-bond acceptors (Lipinski definition) is 1. The summed E-state index contributed by atoms with van der Waals surface area (Å²) < 4.78 is 1.57. The molecule has 0 aliphatic heterocycles. The van der Waals surface area contributed by atoms with Crippen molar-refractivity contribution in [2.24, 2.45) is 7.05 Å². The highest BCUT2D eigenvalue weighted by Gasteiger charge is 2.02. The molecular formula is C6H6BrN3. The van der Waals surface area contributed by atoms with Crippen molar-refractivity contribution in [2.75, 3.05) is 0 Å². The van der Waals surface area contributed by atoms with Crippen LogP contribution < -0.4 is 0 Å². The van der Waals surface area contributed by atoms with Crippen LogP contribution in [0.2, 0.25) is 0 Å². The number of aromatic nitrogens is 2. The molecule has 0 aromatic carbocycles. The lowest BCUT2D eigenvalue weighted by atomic mass is 10.5. The Morgan fingerprint density at radius 3 is 2.90 bits per heavy atom. The monoisotopic (exact) mass is 199 g/mol. The zero-order valence-corrected chi connectivity index (χ0v) is 7.09. The van der Waals surface area contributed by atoms with Gasteiger partial charge in [-0.05, 0) is 6.07 Å². The summed E-state index contributed by atoms with van der Waals surface area (Å²) in [6, 6.07) is 1.77. The van der Waals surface area contributed by atoms with Crippen molar-refractivity contribution in [3.8, 4) is 0 Å². The first-order chi connectivity index (χ1) is 4.77. The van der Waals surface area contributed by atoms with Gasteiger partial charge in [-0.3, -0.25) is 0 Å². The molecule has 0 aliphatic carbocycles. The first kappa shape index (κ1) is 7.29. The number of aryl methyl sites for hydroxylation is 1. The van der Waals surface area contributed by atoms with Gasteiger partial charge in [-0.2, -0.15) is 0 Å². The molecule has 52 valence electrons. The lowest BCUT2D eigenvalue weighted by molar-refractivity contribution is 0.769. The van der Waals surface area contributed by atoms with Gasteiger partial charge >= 0.3 is 0 Å². The summed E-state index contributed by atoms with van der Waals surface area (Å²) >= 11 is 3.26. The Hall–Kier alpha value is -0.820. The van der Waals surface area contributed by atoms with E-state index in [-0.39, 0.29) is 0 Å². The van der Waals surface area contributed by atoms with Crippen molar-refractivity contribution < 1.29 is 0 Å². The summed E-state index contributed by atoms with van der Waals surface area (Å²) in [5.41, 5.74) is 0.897. The number of halogens is 1. The molecule has 0 saturated heterocycles. The normalized spacial score (nSPS) is 9.30. The minimum atomic E-state index is 0.578. The summed E-state index contributed by atoms with van der Waals surface area (Å²) in [5, 5.41) is 4.76. The van der Waals surface area contributed by atoms with Crippen LogP contribution in [-0.4, -0.2) is 9.78 Å². The summed E-state index contributed by atoms with van der Waals surface area (Å²) in [5.74, 6) is 0.578. The van der Waals surface area contributed by atoms with Gasteiger partial charge in [0.25, 0.3) is 5.82 Å². The fourth-order valence-corrected chi connectivity index (χ4v) is 0.959. The number of alkyl halides is 1. The first-order valence-electron chi connectivity index (χ1n) is 2.74. The highest BCUT2D eigenvalue weighted by atomic mass is 79.9. The minimum Gasteiger partial charge on any atom is -0.362 e. The second kappa shape index (κ2) is 2.84. The molecule has 1 aromatic rings. The van der Waals surface area contributed by atoms with Crippen LogP contribution in [0, 0.1) is 6.57 Å². The second-order valence-corrected chi connectivity index (χ2v) is 2.42. The summed E-state index contributed by atoms with van der Waals surface area (Å²) in [6.45, 7) is 6.72. The highest BCUT2D eigenvalue weighted by molar-refractivity contribution is 9.08. The SMILES string of the molecule is [C-]#[N+]c1cc(CBr)nn1C. The molecule has 1 aromatic heterocycles. The molecule has 0 spiro atoms. The Kier molecular flexibility index (Phi) is 2.07. The summed E-state index contributed by atoms with van der Waals surface area (Å²) in [7, 11) is 1.76. The zero-order valence-electron chi connectivity index (χ0n) is 5.50. The van der Waals surface area contributed by atoms with Gasteiger partial charge < -0.3 is 4.85 Å². The van der Waals surface area contributed by atoms with E-state index >= 15 is 0 Å². The Bertz CT molecular complexity index is 271. The third kappa shape index (κ3) is 1.19. The molecule has 0 fully saturated rings. The van der Waals surface area contributed by atoms with E-state index < -0.39 is 0 Å². The van der Waals surface area contributed by atoms with Gasteiger partial charge in [0.2, 0.25) is 0 Å². The van der Waals surface area contributed by atoms with Crippen LogP contribution in [0.15, 0.2) is 6.07 Å². The lowest BCUT2D eigenvalue weighted by Gasteiger charge is -1.83. The standard InChI is InChI=1S/C6H6BrN3/c1-8-6-3-5(4-7)9-10(6)2/h3H,4H2,2H3. The van der Waals surface area contributed by atoms with Gasteiger partial charge in [0, 0.05) is 5.33 Å². The molecule has 0 bridgehead atoms. The van der Waals surface area contributed by atoms with Crippen molar-refractivity contribution in [2.45, 2.75) is 5.33 Å². The molecule has 10 heavy (non-hydrogen) atoms. The molecule has 1 rings (SSSR count). The maximum absolute atomic E-state index is 6.72. The lowest BCUT2D eigenvalue weighted by Crippen LogP contribution is -1.88. The van der Waals surface area contributed by atoms with Crippen LogP contribution in [0.5, 0.6) is 0 Å². The third-order valence-corrected chi connectivity index (χ3v) is 1.73. The zero-order chi connectivity index (χ0) is 7.56. The fraction of sp³-hybridized carbons (Fsp3) is 0.333. The predicted molar refractivity (Wildman–Crippen MR) is 42.1 cm³/mol. The molecule has 0 aliphatic rings. The van der Waals surface area contributed by atoms with E-state index in [0.29, 0.717) is 11.1 Å². The minimum absolute atomic E-state index is 0.578. The van der Waals surface area contributed by atoms with E-state index in [4.69, 9.17) is 6.57 Å². The molecular weight excluding hydrogens is 194 g/mol. The number of nitrogens with zero attached hydrogens (tertiary/aromatic N) is 3. The van der Waals surface area contributed by atoms with Crippen molar-refractivity contribution in [1.82, 2.24) is 9.78 Å². The third-order valence-electron chi connectivity index (χ3n) is 1.16. The van der Waals surface area contributed by atoms with Gasteiger partial charge in [0.1, 0.15) is 0 Å². The van der Waals surface area contributed by atoms with E-state index in [2.05, 4.69) is 25.9 Å². The van der Waals surface area contributed by atoms with E-state index in [1.807, 2.05) is 0 Å². The molecule has 0 atom stereocenters. The Morgan fingerprint density at radius 2 is 2.60 bits per heavy atom. The molecule has 3 nitrogen and oxygen atoms in total. The number of rotatable bonds is 1. The Balaban J connectivity index is 3.07. The highest BCUT2D eigenvalue weighted by Crippen LogP contribution is 2.13. The van der Waals surface area contributed by atoms with E-state index in [1.165, 1.54) is 0 Å². The smallest absolute Gasteiger partial charge is 0.252 e. The van der Waals surface area contributed by atoms with Crippen LogP contribution >= 0.6 is 15.9 Å². The molecule has 4 heteroatoms. The van der Waals surface area contributed by atoms with Crippen LogP contribution in [0.25, 0.3) is 4.85 Å². The maximum atomic E-state index is 6.72. The second-order valence-electron chi connectivity index (χ2n) is 1.86. The van der Waals surface area contributed by atoms with E-state index in [1.54, 1.807) is 17.8 Å². The van der Waals surface area contributed by atoms with Gasteiger partial charge in [-0.25, -0.2) is 4.68 Å². The molecule has 0 amide bonds. The quantitative estimate of drug-likeness (QED) is 0.501. The fourth-order valence-electron chi connectivity index (χ4n) is 0.685. The summed E-state index contributed by atoms with van der Waals surface area (Å²) in [4.78, 5) is 3.27. The maximum Gasteiger partial charge on any atom is 0.252 e. The van der Waals surface area contributed by atoms with Crippen LogP contribution in [-0.2, 0) is 12.4 Å². The van der Waals surface area contributed by atoms with E-state index in [9.17, 15) is 0 Å². The van der Waals surface area contributed by atoms with Crippen molar-refractivity contribution in [3.05, 3.63) is 23.2 Å². The predicted octanol–water partition coefficient (Wildman–Crippen LogP) is 1.87. The molecule has 1 heterocycles. The Labute approximate surface area is 67.6 Å². The molecule has 0 radical (unpaired) electrons. The average molecular weight is 200 g/mol. The van der Waals surface area contributed by atoms with Crippen LogP contribution in [0.3, 0.4) is 0 Å². The van der Waals surface area contributed by atoms with E-state index in [0.717, 1.165) is 5.69 Å². The molecule has 0 saturated carbocycles. The first-order valence-corrected chi connectivity index (χ1v) is 3.86.